The minimum atomic E-state index is -3.61. The summed E-state index contributed by atoms with van der Waals surface area (Å²) in [4.78, 5) is 0.226. The maximum Gasteiger partial charge on any atom is 0.243 e. The van der Waals surface area contributed by atoms with Crippen molar-refractivity contribution in [2.75, 3.05) is 33.1 Å². The molecule has 0 aromatic heterocycles. The molecule has 3 rings (SSSR count). The van der Waals surface area contributed by atoms with Gasteiger partial charge >= 0.3 is 0 Å². The number of ether oxygens (including phenoxy) is 1. The Morgan fingerprint density at radius 2 is 1.92 bits per heavy atom. The molecule has 1 saturated heterocycles. The molecule has 7 nitrogen and oxygen atoms in total. The monoisotopic (exact) mass is 388 g/mol. The van der Waals surface area contributed by atoms with Crippen molar-refractivity contribution in [1.82, 2.24) is 8.61 Å². The highest BCUT2D eigenvalue weighted by atomic mass is 32.2. The fraction of sp³-hybridized carbons (Fsp3) is 0.625. The molecular weight excluding hydrogens is 364 g/mol. The summed E-state index contributed by atoms with van der Waals surface area (Å²) in [5.41, 5.74) is 1.77. The van der Waals surface area contributed by atoms with E-state index in [1.165, 1.54) is 14.9 Å². The van der Waals surface area contributed by atoms with Crippen LogP contribution in [0.4, 0.5) is 0 Å². The van der Waals surface area contributed by atoms with E-state index in [0.29, 0.717) is 26.1 Å². The third-order valence-corrected chi connectivity index (χ3v) is 8.11. The lowest BCUT2D eigenvalue weighted by atomic mass is 10.0. The van der Waals surface area contributed by atoms with Crippen molar-refractivity contribution in [1.29, 1.82) is 0 Å². The number of hydrogen-bond donors (Lipinski definition) is 0. The van der Waals surface area contributed by atoms with E-state index in [9.17, 15) is 16.8 Å². The van der Waals surface area contributed by atoms with Gasteiger partial charge < -0.3 is 4.74 Å². The summed E-state index contributed by atoms with van der Waals surface area (Å²) in [6, 6.07) is 4.93. The fourth-order valence-electron chi connectivity index (χ4n) is 3.57. The van der Waals surface area contributed by atoms with Gasteiger partial charge in [0.25, 0.3) is 0 Å². The van der Waals surface area contributed by atoms with E-state index in [0.717, 1.165) is 24.0 Å². The lowest BCUT2D eigenvalue weighted by Gasteiger charge is -2.28. The topological polar surface area (TPSA) is 84.0 Å². The summed E-state index contributed by atoms with van der Waals surface area (Å²) in [5, 5.41) is 0. The lowest BCUT2D eigenvalue weighted by Crippen LogP contribution is -2.38. The van der Waals surface area contributed by atoms with Crippen LogP contribution in [0.15, 0.2) is 23.1 Å². The first-order valence-electron chi connectivity index (χ1n) is 8.31. The molecule has 0 N–H and O–H groups in total. The molecule has 0 saturated carbocycles. The van der Waals surface area contributed by atoms with Crippen LogP contribution in [0.3, 0.4) is 0 Å². The van der Waals surface area contributed by atoms with Crippen LogP contribution in [0.1, 0.15) is 24.0 Å². The van der Waals surface area contributed by atoms with Gasteiger partial charge in [0.1, 0.15) is 0 Å². The third kappa shape index (κ3) is 3.75. The Labute approximate surface area is 149 Å². The summed E-state index contributed by atoms with van der Waals surface area (Å²) in [7, 11) is -5.33. The summed E-state index contributed by atoms with van der Waals surface area (Å²) in [6.45, 7) is 1.52. The molecule has 0 unspecified atom stereocenters. The molecule has 0 spiro atoms. The number of methoxy groups -OCH3 is 1. The molecule has 2 aliphatic heterocycles. The molecule has 0 radical (unpaired) electrons. The first-order valence-corrected chi connectivity index (χ1v) is 11.6. The average Bonchev–Trinajstić information content (AvgIpc) is 3.02. The van der Waals surface area contributed by atoms with Gasteiger partial charge in [-0.25, -0.2) is 16.8 Å². The number of sulfonamides is 2. The molecule has 9 heteroatoms. The maximum absolute atomic E-state index is 13.0. The molecule has 2 aliphatic rings. The fourth-order valence-corrected chi connectivity index (χ4v) is 6.10. The maximum atomic E-state index is 13.0. The number of rotatable bonds is 5. The van der Waals surface area contributed by atoms with E-state index in [-0.39, 0.29) is 17.5 Å². The van der Waals surface area contributed by atoms with Gasteiger partial charge in [0.2, 0.25) is 20.0 Å². The number of nitrogens with zero attached hydrogens (tertiary/aromatic N) is 2. The van der Waals surface area contributed by atoms with Gasteiger partial charge in [0, 0.05) is 32.8 Å². The summed E-state index contributed by atoms with van der Waals surface area (Å²) >= 11 is 0. The van der Waals surface area contributed by atoms with Crippen molar-refractivity contribution in [2.45, 2.75) is 36.7 Å². The first kappa shape index (κ1) is 18.8. The Morgan fingerprint density at radius 1 is 1.16 bits per heavy atom. The molecular formula is C16H24N2O5S2. The van der Waals surface area contributed by atoms with E-state index in [2.05, 4.69) is 0 Å². The van der Waals surface area contributed by atoms with Crippen LogP contribution < -0.4 is 0 Å². The zero-order valence-electron chi connectivity index (χ0n) is 14.5. The molecule has 0 amide bonds. The van der Waals surface area contributed by atoms with Gasteiger partial charge in [-0.05, 0) is 42.5 Å². The third-order valence-electron chi connectivity index (χ3n) is 4.91. The van der Waals surface area contributed by atoms with E-state index < -0.39 is 20.0 Å². The zero-order chi connectivity index (χ0) is 18.2. The summed E-state index contributed by atoms with van der Waals surface area (Å²) in [5.74, 6) is 0. The standard InChI is InChI=1S/C16H24N2O5S2/c1-23-12-15-4-3-8-18(15)25(21,22)16-6-5-13-7-9-17(24(2,19)20)11-14(13)10-16/h5-6,10,15H,3-4,7-9,11-12H2,1-2H3/t15-/m1/s1. The SMILES string of the molecule is COC[C@H]1CCCN1S(=O)(=O)c1ccc2c(c1)CN(S(C)(=O)=O)CC2. The lowest BCUT2D eigenvalue weighted by molar-refractivity contribution is 0.149. The minimum Gasteiger partial charge on any atom is -0.383 e. The molecule has 0 aliphatic carbocycles. The second-order valence-electron chi connectivity index (χ2n) is 6.64. The molecule has 25 heavy (non-hydrogen) atoms. The predicted molar refractivity (Wildman–Crippen MR) is 94.2 cm³/mol. The van der Waals surface area contributed by atoms with Crippen LogP contribution in [-0.2, 0) is 37.7 Å². The molecule has 140 valence electrons. The zero-order valence-corrected chi connectivity index (χ0v) is 16.1. The van der Waals surface area contributed by atoms with Crippen molar-refractivity contribution < 1.29 is 21.6 Å². The van der Waals surface area contributed by atoms with E-state index in [4.69, 9.17) is 4.74 Å². The number of benzene rings is 1. The van der Waals surface area contributed by atoms with Crippen molar-refractivity contribution in [2.24, 2.45) is 0 Å². The molecule has 1 fully saturated rings. The van der Waals surface area contributed by atoms with Gasteiger partial charge in [0.15, 0.2) is 0 Å². The number of fused-ring (bicyclic) bond motifs is 1. The molecule has 0 bridgehead atoms. The molecule has 1 aromatic rings. The van der Waals surface area contributed by atoms with Gasteiger partial charge in [-0.15, -0.1) is 0 Å². The highest BCUT2D eigenvalue weighted by Crippen LogP contribution is 2.29. The van der Waals surface area contributed by atoms with E-state index in [1.54, 1.807) is 19.2 Å². The van der Waals surface area contributed by atoms with Crippen LogP contribution in [-0.4, -0.2) is 64.5 Å². The van der Waals surface area contributed by atoms with Gasteiger partial charge in [-0.1, -0.05) is 6.07 Å². The highest BCUT2D eigenvalue weighted by molar-refractivity contribution is 7.89. The summed E-state index contributed by atoms with van der Waals surface area (Å²) < 4.78 is 57.7. The average molecular weight is 389 g/mol. The molecule has 1 aromatic carbocycles. The Bertz CT molecular complexity index is 851. The highest BCUT2D eigenvalue weighted by Gasteiger charge is 2.36. The number of hydrogen-bond acceptors (Lipinski definition) is 5. The Hall–Kier alpha value is -1.00. The summed E-state index contributed by atoms with van der Waals surface area (Å²) in [6.07, 6.45) is 3.39. The van der Waals surface area contributed by atoms with Crippen LogP contribution in [0.25, 0.3) is 0 Å². The van der Waals surface area contributed by atoms with Crippen LogP contribution in [0.5, 0.6) is 0 Å². The first-order chi connectivity index (χ1) is 11.7. The molecule has 2 heterocycles. The Balaban J connectivity index is 1.91. The molecule has 1 atom stereocenters. The Morgan fingerprint density at radius 3 is 2.60 bits per heavy atom. The quantitative estimate of drug-likeness (QED) is 0.745. The Kier molecular flexibility index (Phi) is 5.23. The van der Waals surface area contributed by atoms with Crippen molar-refractivity contribution in [3.05, 3.63) is 29.3 Å². The van der Waals surface area contributed by atoms with Crippen LogP contribution in [0, 0.1) is 0 Å². The van der Waals surface area contributed by atoms with Crippen molar-refractivity contribution >= 4 is 20.0 Å². The predicted octanol–water partition coefficient (Wildman–Crippen LogP) is 0.804. The van der Waals surface area contributed by atoms with E-state index in [1.807, 2.05) is 6.07 Å². The smallest absolute Gasteiger partial charge is 0.243 e. The minimum absolute atomic E-state index is 0.140. The normalized spacial score (nSPS) is 22.9. The van der Waals surface area contributed by atoms with Crippen LogP contribution >= 0.6 is 0 Å². The van der Waals surface area contributed by atoms with Crippen LogP contribution in [0.2, 0.25) is 0 Å². The van der Waals surface area contributed by atoms with Gasteiger partial charge in [-0.3, -0.25) is 0 Å². The van der Waals surface area contributed by atoms with E-state index >= 15 is 0 Å². The largest absolute Gasteiger partial charge is 0.383 e. The van der Waals surface area contributed by atoms with Crippen molar-refractivity contribution in [3.8, 4) is 0 Å². The van der Waals surface area contributed by atoms with Crippen molar-refractivity contribution in [3.63, 3.8) is 0 Å². The second kappa shape index (κ2) is 6.96. The van der Waals surface area contributed by atoms with Gasteiger partial charge in [0.05, 0.1) is 17.8 Å². The van der Waals surface area contributed by atoms with Gasteiger partial charge in [-0.2, -0.15) is 8.61 Å². The second-order valence-corrected chi connectivity index (χ2v) is 10.5.